The maximum atomic E-state index is 11.4. The molecule has 0 saturated carbocycles. The SMILES string of the molecule is [Al].[O-]c1c(Br)c(Br)c(Br)c(Br)c1Br.[O-]c1c(Br)c(Br)c(Br)c(Br)c1Br.[O-]c1c(Br)c(Br)c(Br)c(Br)c1Br. The smallest absolute Gasteiger partial charge is 0.0482 e. The predicted octanol–water partition coefficient (Wildman–Crippen LogP) is 13.3. The summed E-state index contributed by atoms with van der Waals surface area (Å²) in [6, 6.07) is 0. The van der Waals surface area contributed by atoms with Gasteiger partial charge in [0.1, 0.15) is 0 Å². The van der Waals surface area contributed by atoms with Crippen molar-refractivity contribution >= 4 is 256 Å². The Hall–Kier alpha value is 4.79. The standard InChI is InChI=1S/3C6HBr5O.Al/c3*7-1-2(8)4(10)6(12)5(11)3(1)9;/h3*12H;/p-3. The van der Waals surface area contributed by atoms with E-state index in [4.69, 9.17) is 0 Å². The number of rotatable bonds is 0. The van der Waals surface area contributed by atoms with E-state index < -0.39 is 0 Å². The highest BCUT2D eigenvalue weighted by Gasteiger charge is 2.13. The summed E-state index contributed by atoms with van der Waals surface area (Å²) < 4.78 is 9.71. The lowest BCUT2D eigenvalue weighted by Crippen LogP contribution is -1.94. The van der Waals surface area contributed by atoms with Gasteiger partial charge in [-0.3, -0.25) is 0 Å². The zero-order valence-corrected chi connectivity index (χ0v) is 41.4. The summed E-state index contributed by atoms with van der Waals surface area (Å²) >= 11 is 48.6. The Labute approximate surface area is 349 Å². The Morgan fingerprint density at radius 2 is 0.297 bits per heavy atom. The van der Waals surface area contributed by atoms with Gasteiger partial charge in [0, 0.05) is 84.5 Å². The van der Waals surface area contributed by atoms with Crippen molar-refractivity contribution in [2.75, 3.05) is 0 Å². The number of halogens is 15. The zero-order chi connectivity index (χ0) is 28.4. The van der Waals surface area contributed by atoms with Crippen molar-refractivity contribution in [1.82, 2.24) is 0 Å². The zero-order valence-electron chi connectivity index (χ0n) is 16.5. The highest BCUT2D eigenvalue weighted by molar-refractivity contribution is 9.17. The van der Waals surface area contributed by atoms with Gasteiger partial charge in [0.25, 0.3) is 0 Å². The fourth-order valence-corrected chi connectivity index (χ4v) is 10.8. The average molecular weight is 1490 g/mol. The average Bonchev–Trinajstić information content (AvgIpc) is 2.87. The summed E-state index contributed by atoms with van der Waals surface area (Å²) in [5, 5.41) is 34.2. The first-order valence-electron chi connectivity index (χ1n) is 7.95. The lowest BCUT2D eigenvalue weighted by atomic mass is 10.3. The number of benzene rings is 3. The van der Waals surface area contributed by atoms with Crippen LogP contribution in [0.5, 0.6) is 17.2 Å². The van der Waals surface area contributed by atoms with Crippen molar-refractivity contribution in [3.8, 4) is 17.2 Å². The number of hydrogen-bond donors (Lipinski definition) is 0. The second-order valence-corrected chi connectivity index (χ2v) is 17.6. The molecule has 0 aliphatic rings. The Morgan fingerprint density at radius 3 is 0.405 bits per heavy atom. The minimum atomic E-state index is -0.0862. The van der Waals surface area contributed by atoms with Gasteiger partial charge in [-0.05, 0) is 143 Å². The maximum Gasteiger partial charge on any atom is 0.0482 e. The molecule has 3 aromatic carbocycles. The van der Waals surface area contributed by atoms with Gasteiger partial charge >= 0.3 is 0 Å². The van der Waals surface area contributed by atoms with E-state index in [-0.39, 0.29) is 34.6 Å². The minimum Gasteiger partial charge on any atom is -0.871 e. The highest BCUT2D eigenvalue weighted by Crippen LogP contribution is 2.48. The summed E-state index contributed by atoms with van der Waals surface area (Å²) in [4.78, 5) is 0. The Kier molecular flexibility index (Phi) is 21.1. The van der Waals surface area contributed by atoms with Crippen LogP contribution < -0.4 is 15.3 Å². The van der Waals surface area contributed by atoms with Crippen molar-refractivity contribution in [1.29, 1.82) is 0 Å². The molecule has 3 rings (SSSR count). The normalized spacial score (nSPS) is 10.1. The van der Waals surface area contributed by atoms with E-state index in [1.54, 1.807) is 0 Å². The Balaban J connectivity index is 0.000000518. The Morgan fingerprint density at radius 1 is 0.216 bits per heavy atom. The van der Waals surface area contributed by atoms with Crippen LogP contribution in [0.4, 0.5) is 0 Å². The highest BCUT2D eigenvalue weighted by atomic mass is 79.9. The molecule has 0 aromatic heterocycles. The molecule has 0 fully saturated rings. The molecule has 0 spiro atoms. The molecular weight excluding hydrogens is 1490 g/mol. The van der Waals surface area contributed by atoms with Crippen LogP contribution in [0.15, 0.2) is 67.1 Å². The van der Waals surface area contributed by atoms with Gasteiger partial charge in [0.2, 0.25) is 0 Å². The molecule has 0 atom stereocenters. The Bertz CT molecular complexity index is 858. The summed E-state index contributed by atoms with van der Waals surface area (Å²) in [5.41, 5.74) is 0. The van der Waals surface area contributed by atoms with E-state index in [1.807, 2.05) is 0 Å². The molecule has 3 radical (unpaired) electrons. The second kappa shape index (κ2) is 18.7. The fraction of sp³-hybridized carbons (Fsp3) is 0. The van der Waals surface area contributed by atoms with Crippen molar-refractivity contribution in [3.05, 3.63) is 67.1 Å². The van der Waals surface area contributed by atoms with Crippen molar-refractivity contribution < 1.29 is 15.3 Å². The van der Waals surface area contributed by atoms with Crippen LogP contribution in [0.2, 0.25) is 0 Å². The molecule has 0 heterocycles. The lowest BCUT2D eigenvalue weighted by molar-refractivity contribution is -0.271. The van der Waals surface area contributed by atoms with E-state index in [2.05, 4.69) is 239 Å². The van der Waals surface area contributed by atoms with Crippen LogP contribution in [0.1, 0.15) is 0 Å². The van der Waals surface area contributed by atoms with E-state index in [0.717, 1.165) is 13.4 Å². The van der Waals surface area contributed by atoms with Gasteiger partial charge in [0.15, 0.2) is 0 Å². The molecule has 19 heteroatoms. The van der Waals surface area contributed by atoms with Crippen LogP contribution in [-0.4, -0.2) is 17.4 Å². The first kappa shape index (κ1) is 41.8. The van der Waals surface area contributed by atoms with Crippen LogP contribution in [0.3, 0.4) is 0 Å². The van der Waals surface area contributed by atoms with Gasteiger partial charge in [-0.15, -0.1) is 0 Å². The molecule has 0 saturated heterocycles. The molecule has 0 amide bonds. The van der Waals surface area contributed by atoms with E-state index in [9.17, 15) is 15.3 Å². The predicted molar refractivity (Wildman–Crippen MR) is 199 cm³/mol. The first-order chi connectivity index (χ1) is 16.4. The molecule has 3 aromatic rings. The molecule has 0 aliphatic carbocycles. The lowest BCUT2D eigenvalue weighted by Gasteiger charge is -2.16. The van der Waals surface area contributed by atoms with E-state index in [1.165, 1.54) is 0 Å². The molecule has 0 N–H and O–H groups in total. The fourth-order valence-electron chi connectivity index (χ4n) is 1.75. The molecule has 0 unspecified atom stereocenters. The van der Waals surface area contributed by atoms with E-state index in [0.29, 0.717) is 53.7 Å². The quantitative estimate of drug-likeness (QED) is 0.128. The third kappa shape index (κ3) is 10.4. The van der Waals surface area contributed by atoms with Gasteiger partial charge in [-0.2, -0.15) is 0 Å². The molecule has 0 bridgehead atoms. The number of hydrogen-bond acceptors (Lipinski definition) is 3. The first-order valence-corrected chi connectivity index (χ1v) is 19.8. The molecule has 37 heavy (non-hydrogen) atoms. The monoisotopic (exact) mass is 1470 g/mol. The van der Waals surface area contributed by atoms with Gasteiger partial charge in [-0.1, -0.05) is 113 Å². The summed E-state index contributed by atoms with van der Waals surface area (Å²) in [5.74, 6) is -0.258. The van der Waals surface area contributed by atoms with Gasteiger partial charge < -0.3 is 15.3 Å². The van der Waals surface area contributed by atoms with Crippen molar-refractivity contribution in [3.63, 3.8) is 0 Å². The van der Waals surface area contributed by atoms with Crippen LogP contribution in [-0.2, 0) is 0 Å². The van der Waals surface area contributed by atoms with Gasteiger partial charge in [-0.25, -0.2) is 0 Å². The van der Waals surface area contributed by atoms with Crippen molar-refractivity contribution in [2.45, 2.75) is 0 Å². The largest absolute Gasteiger partial charge is 0.871 e. The third-order valence-corrected chi connectivity index (χ3v) is 21.6. The molecule has 0 aliphatic heterocycles. The topological polar surface area (TPSA) is 69.2 Å². The third-order valence-electron chi connectivity index (χ3n) is 3.51. The maximum absolute atomic E-state index is 11.4. The summed E-state index contributed by atoms with van der Waals surface area (Å²) in [6.45, 7) is 0. The second-order valence-electron chi connectivity index (χ2n) is 5.70. The van der Waals surface area contributed by atoms with Crippen LogP contribution >= 0.6 is 239 Å². The summed E-state index contributed by atoms with van der Waals surface area (Å²) in [7, 11) is 0. The summed E-state index contributed by atoms with van der Waals surface area (Å²) in [6.07, 6.45) is 0. The molecular formula is C18AlBr15O3-3. The van der Waals surface area contributed by atoms with Crippen LogP contribution in [0, 0.1) is 0 Å². The molecule has 201 valence electrons. The molecule has 3 nitrogen and oxygen atoms in total. The van der Waals surface area contributed by atoms with Gasteiger partial charge in [0.05, 0.1) is 0 Å². The van der Waals surface area contributed by atoms with Crippen LogP contribution in [0.25, 0.3) is 0 Å². The van der Waals surface area contributed by atoms with Crippen molar-refractivity contribution in [2.24, 2.45) is 0 Å². The van der Waals surface area contributed by atoms with E-state index >= 15 is 0 Å². The minimum absolute atomic E-state index is 0.